The third kappa shape index (κ3) is 4.02. The molecule has 1 aromatic rings. The molecule has 0 aliphatic carbocycles. The Morgan fingerprint density at radius 3 is 2.20 bits per heavy atom. The van der Waals surface area contributed by atoms with Gasteiger partial charge in [0, 0.05) is 26.2 Å². The van der Waals surface area contributed by atoms with Gasteiger partial charge >= 0.3 is 0 Å². The van der Waals surface area contributed by atoms with Crippen LogP contribution < -0.4 is 5.32 Å². The molecular weight excluding hydrogens is 276 g/mol. The van der Waals surface area contributed by atoms with Crippen molar-refractivity contribution in [2.45, 2.75) is 37.2 Å². The zero-order chi connectivity index (χ0) is 15.3. The number of aliphatic hydroxyl groups excluding tert-OH is 1. The van der Waals surface area contributed by atoms with Crippen LogP contribution in [-0.4, -0.2) is 44.6 Å². The summed E-state index contributed by atoms with van der Waals surface area (Å²) in [7, 11) is -0.350. The van der Waals surface area contributed by atoms with E-state index in [0.29, 0.717) is 0 Å². The third-order valence-corrected chi connectivity index (χ3v) is 5.19. The molecule has 0 fully saturated rings. The first-order valence-corrected chi connectivity index (χ1v) is 8.16. The molecule has 2 atom stereocenters. The average Bonchev–Trinajstić information content (AvgIpc) is 2.44. The van der Waals surface area contributed by atoms with Crippen molar-refractivity contribution in [3.05, 3.63) is 29.8 Å². The topological polar surface area (TPSA) is 69.6 Å². The van der Waals surface area contributed by atoms with Crippen LogP contribution in [0.25, 0.3) is 0 Å². The van der Waals surface area contributed by atoms with E-state index in [0.717, 1.165) is 12.0 Å². The first-order chi connectivity index (χ1) is 9.32. The minimum absolute atomic E-state index is 0.0511. The number of benzene rings is 1. The van der Waals surface area contributed by atoms with Gasteiger partial charge in [0.25, 0.3) is 0 Å². The van der Waals surface area contributed by atoms with E-state index in [1.165, 1.54) is 18.4 Å². The molecule has 0 spiro atoms. The van der Waals surface area contributed by atoms with Crippen LogP contribution >= 0.6 is 0 Å². The molecule has 0 aliphatic rings. The summed E-state index contributed by atoms with van der Waals surface area (Å²) >= 11 is 0. The van der Waals surface area contributed by atoms with Gasteiger partial charge in [-0.1, -0.05) is 19.1 Å². The summed E-state index contributed by atoms with van der Waals surface area (Å²) in [5, 5.41) is 12.5. The van der Waals surface area contributed by atoms with E-state index < -0.39 is 10.0 Å². The highest BCUT2D eigenvalue weighted by Gasteiger charge is 2.17. The average molecular weight is 300 g/mol. The maximum absolute atomic E-state index is 12.0. The quantitative estimate of drug-likeness (QED) is 0.798. The minimum Gasteiger partial charge on any atom is -0.395 e. The number of aliphatic hydroxyl groups is 1. The lowest BCUT2D eigenvalue weighted by Crippen LogP contribution is -2.33. The van der Waals surface area contributed by atoms with Crippen molar-refractivity contribution in [1.82, 2.24) is 9.62 Å². The summed E-state index contributed by atoms with van der Waals surface area (Å²) in [5.74, 6) is 0. The molecule has 0 bridgehead atoms. The number of hydrogen-bond donors (Lipinski definition) is 2. The van der Waals surface area contributed by atoms with E-state index in [1.54, 1.807) is 24.3 Å². The van der Waals surface area contributed by atoms with Crippen LogP contribution in [0.2, 0.25) is 0 Å². The zero-order valence-electron chi connectivity index (χ0n) is 12.5. The Labute approximate surface area is 121 Å². The van der Waals surface area contributed by atoms with Crippen LogP contribution in [0.3, 0.4) is 0 Å². The van der Waals surface area contributed by atoms with Gasteiger partial charge in [0.2, 0.25) is 10.0 Å². The molecule has 0 radical (unpaired) electrons. The summed E-state index contributed by atoms with van der Waals surface area (Å²) in [5.41, 5.74) is 0.995. The standard InChI is InChI=1S/C14H24N2O3S/c1-5-13(10-17)15-11(2)12-6-8-14(9-7-12)20(18,19)16(3)4/h6-9,11,13,15,17H,5,10H2,1-4H3. The van der Waals surface area contributed by atoms with Crippen LogP contribution in [-0.2, 0) is 10.0 Å². The Balaban J connectivity index is 2.86. The number of sulfonamides is 1. The van der Waals surface area contributed by atoms with Crippen LogP contribution in [0.15, 0.2) is 29.2 Å². The maximum Gasteiger partial charge on any atom is 0.242 e. The summed E-state index contributed by atoms with van der Waals surface area (Å²) in [6.45, 7) is 4.09. The summed E-state index contributed by atoms with van der Waals surface area (Å²) in [6.07, 6.45) is 0.841. The highest BCUT2D eigenvalue weighted by atomic mass is 32.2. The lowest BCUT2D eigenvalue weighted by atomic mass is 10.1. The van der Waals surface area contributed by atoms with Crippen LogP contribution in [0.4, 0.5) is 0 Å². The molecule has 114 valence electrons. The molecule has 1 rings (SSSR count). The molecule has 0 aliphatic heterocycles. The van der Waals surface area contributed by atoms with Gasteiger partial charge in [-0.15, -0.1) is 0 Å². The second-order valence-corrected chi connectivity index (χ2v) is 7.18. The van der Waals surface area contributed by atoms with Gasteiger partial charge in [0.1, 0.15) is 0 Å². The number of rotatable bonds is 7. The second kappa shape index (κ2) is 7.17. The molecule has 0 amide bonds. The van der Waals surface area contributed by atoms with E-state index in [-0.39, 0.29) is 23.6 Å². The Bertz CT molecular complexity index is 508. The molecule has 0 heterocycles. The van der Waals surface area contributed by atoms with Crippen molar-refractivity contribution in [2.24, 2.45) is 0 Å². The van der Waals surface area contributed by atoms with Crippen molar-refractivity contribution in [3.63, 3.8) is 0 Å². The molecule has 0 aromatic heterocycles. The van der Waals surface area contributed by atoms with E-state index >= 15 is 0 Å². The Morgan fingerprint density at radius 1 is 1.25 bits per heavy atom. The van der Waals surface area contributed by atoms with E-state index in [9.17, 15) is 13.5 Å². The molecule has 2 N–H and O–H groups in total. The third-order valence-electron chi connectivity index (χ3n) is 3.36. The smallest absolute Gasteiger partial charge is 0.242 e. The van der Waals surface area contributed by atoms with Crippen LogP contribution in [0.1, 0.15) is 31.9 Å². The summed E-state index contributed by atoms with van der Waals surface area (Å²) in [4.78, 5) is 0.285. The monoisotopic (exact) mass is 300 g/mol. The largest absolute Gasteiger partial charge is 0.395 e. The molecular formula is C14H24N2O3S. The Hall–Kier alpha value is -0.950. The number of nitrogens with zero attached hydrogens (tertiary/aromatic N) is 1. The first kappa shape index (κ1) is 17.1. The second-order valence-electron chi connectivity index (χ2n) is 5.03. The fourth-order valence-electron chi connectivity index (χ4n) is 1.89. The molecule has 2 unspecified atom stereocenters. The lowest BCUT2D eigenvalue weighted by molar-refractivity contribution is 0.230. The highest BCUT2D eigenvalue weighted by molar-refractivity contribution is 7.89. The van der Waals surface area contributed by atoms with Gasteiger partial charge in [-0.25, -0.2) is 12.7 Å². The van der Waals surface area contributed by atoms with Crippen molar-refractivity contribution in [3.8, 4) is 0 Å². The molecule has 5 nitrogen and oxygen atoms in total. The van der Waals surface area contributed by atoms with Gasteiger partial charge in [-0.3, -0.25) is 0 Å². The number of hydrogen-bond acceptors (Lipinski definition) is 4. The highest BCUT2D eigenvalue weighted by Crippen LogP contribution is 2.18. The molecule has 1 aromatic carbocycles. The Morgan fingerprint density at radius 2 is 1.80 bits per heavy atom. The van der Waals surface area contributed by atoms with Crippen molar-refractivity contribution >= 4 is 10.0 Å². The Kier molecular flexibility index (Phi) is 6.13. The van der Waals surface area contributed by atoms with Crippen molar-refractivity contribution in [1.29, 1.82) is 0 Å². The fourth-order valence-corrected chi connectivity index (χ4v) is 2.79. The van der Waals surface area contributed by atoms with Gasteiger partial charge < -0.3 is 10.4 Å². The van der Waals surface area contributed by atoms with Gasteiger partial charge in [-0.2, -0.15) is 0 Å². The normalized spacial score (nSPS) is 15.3. The zero-order valence-corrected chi connectivity index (χ0v) is 13.3. The van der Waals surface area contributed by atoms with E-state index in [4.69, 9.17) is 0 Å². The van der Waals surface area contributed by atoms with Gasteiger partial charge in [-0.05, 0) is 31.0 Å². The lowest BCUT2D eigenvalue weighted by Gasteiger charge is -2.21. The molecule has 0 saturated carbocycles. The van der Waals surface area contributed by atoms with Crippen LogP contribution in [0, 0.1) is 0 Å². The number of nitrogens with one attached hydrogen (secondary N) is 1. The summed E-state index contributed by atoms with van der Waals surface area (Å²) in [6, 6.07) is 6.94. The van der Waals surface area contributed by atoms with Crippen molar-refractivity contribution in [2.75, 3.05) is 20.7 Å². The van der Waals surface area contributed by atoms with Gasteiger partial charge in [0.05, 0.1) is 11.5 Å². The first-order valence-electron chi connectivity index (χ1n) is 6.72. The maximum atomic E-state index is 12.0. The van der Waals surface area contributed by atoms with Crippen molar-refractivity contribution < 1.29 is 13.5 Å². The predicted octanol–water partition coefficient (Wildman–Crippen LogP) is 1.36. The van der Waals surface area contributed by atoms with E-state index in [1.807, 2.05) is 13.8 Å². The fraction of sp³-hybridized carbons (Fsp3) is 0.571. The molecule has 6 heteroatoms. The SMILES string of the molecule is CCC(CO)NC(C)c1ccc(S(=O)(=O)N(C)C)cc1. The predicted molar refractivity (Wildman–Crippen MR) is 80.0 cm³/mol. The summed E-state index contributed by atoms with van der Waals surface area (Å²) < 4.78 is 25.1. The molecule has 20 heavy (non-hydrogen) atoms. The van der Waals surface area contributed by atoms with Gasteiger partial charge in [0.15, 0.2) is 0 Å². The van der Waals surface area contributed by atoms with Crippen LogP contribution in [0.5, 0.6) is 0 Å². The molecule has 0 saturated heterocycles. The minimum atomic E-state index is -3.38. The van der Waals surface area contributed by atoms with E-state index in [2.05, 4.69) is 5.32 Å².